The summed E-state index contributed by atoms with van der Waals surface area (Å²) in [4.78, 5) is 16.6. The van der Waals surface area contributed by atoms with Crippen LogP contribution in [0.1, 0.15) is 43.9 Å². The second-order valence-electron chi connectivity index (χ2n) is 4.53. The molecule has 1 N–H and O–H groups in total. The van der Waals surface area contributed by atoms with Crippen LogP contribution in [0.25, 0.3) is 0 Å². The third kappa shape index (κ3) is 3.10. The first kappa shape index (κ1) is 13.1. The standard InChI is InChI=1S/C13H18N4S/c1-5-10-7-14-13(16-10)18-11-6-9(4)15-12(17-11)8(2)3/h6-8H,5H2,1-4H3,(H,14,16). The van der Waals surface area contributed by atoms with E-state index in [1.165, 1.54) is 0 Å². The molecule has 5 heteroatoms. The fourth-order valence-corrected chi connectivity index (χ4v) is 2.40. The molecule has 0 aliphatic carbocycles. The van der Waals surface area contributed by atoms with Crippen molar-refractivity contribution in [3.8, 4) is 0 Å². The highest BCUT2D eigenvalue weighted by Crippen LogP contribution is 2.25. The maximum Gasteiger partial charge on any atom is 0.171 e. The van der Waals surface area contributed by atoms with Gasteiger partial charge in [-0.2, -0.15) is 0 Å². The predicted octanol–water partition coefficient (Wildman–Crippen LogP) is 3.35. The second-order valence-corrected chi connectivity index (χ2v) is 5.54. The fourth-order valence-electron chi connectivity index (χ4n) is 1.54. The summed E-state index contributed by atoms with van der Waals surface area (Å²) in [6.07, 6.45) is 2.84. The van der Waals surface area contributed by atoms with Crippen LogP contribution in [0.15, 0.2) is 22.4 Å². The Labute approximate surface area is 112 Å². The number of nitrogens with zero attached hydrogens (tertiary/aromatic N) is 3. The zero-order chi connectivity index (χ0) is 13.1. The normalized spacial score (nSPS) is 11.2. The number of aromatic nitrogens is 4. The Morgan fingerprint density at radius 1 is 1.33 bits per heavy atom. The molecule has 0 saturated carbocycles. The van der Waals surface area contributed by atoms with Gasteiger partial charge in [-0.1, -0.05) is 20.8 Å². The molecule has 2 rings (SSSR count). The van der Waals surface area contributed by atoms with E-state index in [4.69, 9.17) is 0 Å². The molecule has 0 unspecified atom stereocenters. The van der Waals surface area contributed by atoms with Crippen molar-refractivity contribution in [1.82, 2.24) is 19.9 Å². The van der Waals surface area contributed by atoms with Crippen molar-refractivity contribution >= 4 is 11.8 Å². The zero-order valence-electron chi connectivity index (χ0n) is 11.2. The molecule has 2 heterocycles. The van der Waals surface area contributed by atoms with Gasteiger partial charge in [0, 0.05) is 23.5 Å². The molecule has 0 aliphatic heterocycles. The van der Waals surface area contributed by atoms with Gasteiger partial charge in [-0.3, -0.25) is 0 Å². The molecule has 0 atom stereocenters. The molecular formula is C13H18N4S. The lowest BCUT2D eigenvalue weighted by atomic mass is 10.2. The average molecular weight is 262 g/mol. The minimum Gasteiger partial charge on any atom is -0.337 e. The zero-order valence-corrected chi connectivity index (χ0v) is 12.0. The highest BCUT2D eigenvalue weighted by Gasteiger charge is 2.09. The van der Waals surface area contributed by atoms with E-state index in [1.54, 1.807) is 11.8 Å². The fraction of sp³-hybridized carbons (Fsp3) is 0.462. The minimum atomic E-state index is 0.340. The Bertz CT molecular complexity index is 534. The summed E-state index contributed by atoms with van der Waals surface area (Å²) in [6, 6.07) is 1.99. The second kappa shape index (κ2) is 5.52. The lowest BCUT2D eigenvalue weighted by Crippen LogP contribution is -2.00. The van der Waals surface area contributed by atoms with Crippen LogP contribution in [-0.4, -0.2) is 19.9 Å². The number of H-pyrrole nitrogens is 1. The van der Waals surface area contributed by atoms with Gasteiger partial charge in [0.05, 0.1) is 0 Å². The third-order valence-electron chi connectivity index (χ3n) is 2.55. The van der Waals surface area contributed by atoms with Gasteiger partial charge in [0.25, 0.3) is 0 Å². The highest BCUT2D eigenvalue weighted by atomic mass is 32.2. The molecule has 96 valence electrons. The van der Waals surface area contributed by atoms with E-state index in [0.717, 1.165) is 33.8 Å². The van der Waals surface area contributed by atoms with Gasteiger partial charge >= 0.3 is 0 Å². The van der Waals surface area contributed by atoms with Crippen LogP contribution >= 0.6 is 11.8 Å². The maximum atomic E-state index is 4.56. The number of nitrogens with one attached hydrogen (secondary N) is 1. The molecule has 0 aliphatic rings. The van der Waals surface area contributed by atoms with E-state index < -0.39 is 0 Å². The Hall–Kier alpha value is -1.36. The molecule has 0 radical (unpaired) electrons. The summed E-state index contributed by atoms with van der Waals surface area (Å²) in [5, 5.41) is 1.84. The van der Waals surface area contributed by atoms with Crippen LogP contribution in [0.5, 0.6) is 0 Å². The van der Waals surface area contributed by atoms with Gasteiger partial charge in [-0.05, 0) is 31.2 Å². The smallest absolute Gasteiger partial charge is 0.171 e. The Morgan fingerprint density at radius 3 is 2.72 bits per heavy atom. The van der Waals surface area contributed by atoms with Gasteiger partial charge in [0.1, 0.15) is 10.9 Å². The van der Waals surface area contributed by atoms with E-state index in [0.29, 0.717) is 5.92 Å². The number of hydrogen-bond donors (Lipinski definition) is 1. The SMILES string of the molecule is CCc1cnc(Sc2cc(C)nc(C(C)C)n2)[nH]1. The van der Waals surface area contributed by atoms with E-state index in [2.05, 4.69) is 40.7 Å². The first-order valence-corrected chi connectivity index (χ1v) is 6.97. The number of rotatable bonds is 4. The summed E-state index contributed by atoms with van der Waals surface area (Å²) in [5.74, 6) is 1.23. The number of aromatic amines is 1. The third-order valence-corrected chi connectivity index (χ3v) is 3.37. The van der Waals surface area contributed by atoms with Crippen LogP contribution in [0.2, 0.25) is 0 Å². The molecule has 4 nitrogen and oxygen atoms in total. The summed E-state index contributed by atoms with van der Waals surface area (Å²) < 4.78 is 0. The Balaban J connectivity index is 2.23. The lowest BCUT2D eigenvalue weighted by molar-refractivity contribution is 0.744. The molecule has 0 amide bonds. The number of hydrogen-bond acceptors (Lipinski definition) is 4. The molecule has 2 aromatic rings. The van der Waals surface area contributed by atoms with E-state index in [-0.39, 0.29) is 0 Å². The van der Waals surface area contributed by atoms with Crippen LogP contribution in [0.3, 0.4) is 0 Å². The largest absolute Gasteiger partial charge is 0.337 e. The van der Waals surface area contributed by atoms with Gasteiger partial charge in [0.15, 0.2) is 5.16 Å². The van der Waals surface area contributed by atoms with Crippen molar-refractivity contribution in [3.63, 3.8) is 0 Å². The summed E-state index contributed by atoms with van der Waals surface area (Å²) in [5.41, 5.74) is 2.14. The molecule has 0 bridgehead atoms. The highest BCUT2D eigenvalue weighted by molar-refractivity contribution is 7.99. The molecule has 18 heavy (non-hydrogen) atoms. The van der Waals surface area contributed by atoms with E-state index >= 15 is 0 Å². The van der Waals surface area contributed by atoms with Crippen molar-refractivity contribution in [2.45, 2.75) is 50.2 Å². The Morgan fingerprint density at radius 2 is 2.11 bits per heavy atom. The summed E-state index contributed by atoms with van der Waals surface area (Å²) >= 11 is 1.55. The quantitative estimate of drug-likeness (QED) is 0.859. The van der Waals surface area contributed by atoms with Gasteiger partial charge in [-0.15, -0.1) is 0 Å². The van der Waals surface area contributed by atoms with Crippen molar-refractivity contribution < 1.29 is 0 Å². The van der Waals surface area contributed by atoms with Gasteiger partial charge in [0.2, 0.25) is 0 Å². The molecule has 0 saturated heterocycles. The average Bonchev–Trinajstić information content (AvgIpc) is 2.76. The van der Waals surface area contributed by atoms with Gasteiger partial charge < -0.3 is 4.98 Å². The molecule has 2 aromatic heterocycles. The first-order valence-electron chi connectivity index (χ1n) is 6.15. The Kier molecular flexibility index (Phi) is 4.01. The summed E-state index contributed by atoms with van der Waals surface area (Å²) in [7, 11) is 0. The topological polar surface area (TPSA) is 54.5 Å². The van der Waals surface area contributed by atoms with Crippen LogP contribution < -0.4 is 0 Å². The first-order chi connectivity index (χ1) is 8.58. The van der Waals surface area contributed by atoms with Crippen molar-refractivity contribution in [3.05, 3.63) is 29.5 Å². The summed E-state index contributed by atoms with van der Waals surface area (Å²) in [6.45, 7) is 8.31. The molecule has 0 fully saturated rings. The lowest BCUT2D eigenvalue weighted by Gasteiger charge is -2.06. The molecule has 0 spiro atoms. The maximum absolute atomic E-state index is 4.56. The molecule has 0 aromatic carbocycles. The van der Waals surface area contributed by atoms with Crippen LogP contribution in [-0.2, 0) is 6.42 Å². The number of imidazole rings is 1. The van der Waals surface area contributed by atoms with Crippen LogP contribution in [0, 0.1) is 6.92 Å². The van der Waals surface area contributed by atoms with E-state index in [1.807, 2.05) is 19.2 Å². The van der Waals surface area contributed by atoms with Crippen molar-refractivity contribution in [1.29, 1.82) is 0 Å². The number of aryl methyl sites for hydroxylation is 2. The van der Waals surface area contributed by atoms with Crippen molar-refractivity contribution in [2.24, 2.45) is 0 Å². The molecular weight excluding hydrogens is 244 g/mol. The van der Waals surface area contributed by atoms with Crippen LogP contribution in [0.4, 0.5) is 0 Å². The van der Waals surface area contributed by atoms with E-state index in [9.17, 15) is 0 Å². The van der Waals surface area contributed by atoms with Gasteiger partial charge in [-0.25, -0.2) is 15.0 Å². The monoisotopic (exact) mass is 262 g/mol. The van der Waals surface area contributed by atoms with Crippen molar-refractivity contribution in [2.75, 3.05) is 0 Å². The minimum absolute atomic E-state index is 0.340. The predicted molar refractivity (Wildman–Crippen MR) is 72.9 cm³/mol.